The average Bonchev–Trinajstić information content (AvgIpc) is 2.31. The normalized spacial score (nSPS) is 8.76. The summed E-state index contributed by atoms with van der Waals surface area (Å²) < 4.78 is 0. The summed E-state index contributed by atoms with van der Waals surface area (Å²) in [6.07, 6.45) is 3.38. The van der Waals surface area contributed by atoms with Crippen LogP contribution in [0.1, 0.15) is 51.4 Å². The first kappa shape index (κ1) is 24.9. The molecule has 0 radical (unpaired) electrons. The molecule has 2 amide bonds. The molecule has 0 bridgehead atoms. The predicted octanol–water partition coefficient (Wildman–Crippen LogP) is -0.415. The summed E-state index contributed by atoms with van der Waals surface area (Å²) in [6.45, 7) is 0. The van der Waals surface area contributed by atoms with Gasteiger partial charge in [-0.25, -0.2) is 0 Å². The summed E-state index contributed by atoms with van der Waals surface area (Å²) in [5.74, 6) is -2.56. The summed E-state index contributed by atoms with van der Waals surface area (Å²) in [5.41, 5.74) is 9.39. The van der Waals surface area contributed by atoms with Gasteiger partial charge in [-0.2, -0.15) is 0 Å². The zero-order valence-corrected chi connectivity index (χ0v) is 11.3. The Kier molecular flexibility index (Phi) is 20.1. The van der Waals surface area contributed by atoms with Gasteiger partial charge >= 0.3 is 41.5 Å². The van der Waals surface area contributed by atoms with Crippen LogP contribution >= 0.6 is 0 Å². The first-order valence-corrected chi connectivity index (χ1v) is 6.26. The van der Waals surface area contributed by atoms with Crippen molar-refractivity contribution >= 4 is 53.3 Å². The Labute approximate surface area is 145 Å². The quantitative estimate of drug-likeness (QED) is 0.316. The van der Waals surface area contributed by atoms with Crippen LogP contribution in [0, 0.1) is 0 Å². The molecule has 0 aliphatic carbocycles. The van der Waals surface area contributed by atoms with Gasteiger partial charge < -0.3 is 21.7 Å². The van der Waals surface area contributed by atoms with Crippen LogP contribution in [0.3, 0.4) is 0 Å². The van der Waals surface area contributed by atoms with E-state index in [1.54, 1.807) is 0 Å². The van der Waals surface area contributed by atoms with Gasteiger partial charge in [-0.05, 0) is 12.8 Å². The van der Waals surface area contributed by atoms with E-state index in [2.05, 4.69) is 0 Å². The molecule has 0 atom stereocenters. The molecule has 0 aliphatic rings. The standard InChI is InChI=1S/C8H14O4.C4H8N2O2.Na.H/c9-7(10)5-3-1-2-4-6-8(11)12;5-3(7)1-2-4(6)8;;/h1-6H2,(H,9,10)(H,11,12);1-2H2,(H2,5,7)(H2,6,8);;. The van der Waals surface area contributed by atoms with E-state index in [0.29, 0.717) is 12.8 Å². The number of carboxylic acid groups (broad SMARTS) is 2. The Morgan fingerprint density at radius 3 is 1.10 bits per heavy atom. The third-order valence-electron chi connectivity index (χ3n) is 2.15. The van der Waals surface area contributed by atoms with Gasteiger partial charge in [-0.1, -0.05) is 12.8 Å². The zero-order valence-electron chi connectivity index (χ0n) is 11.3. The summed E-state index contributed by atoms with van der Waals surface area (Å²) >= 11 is 0. The summed E-state index contributed by atoms with van der Waals surface area (Å²) in [6, 6.07) is 0. The van der Waals surface area contributed by atoms with Crippen LogP contribution in [0.15, 0.2) is 0 Å². The average molecular weight is 314 g/mol. The van der Waals surface area contributed by atoms with E-state index in [9.17, 15) is 19.2 Å². The van der Waals surface area contributed by atoms with E-state index in [-0.39, 0.29) is 55.2 Å². The molecule has 0 fully saturated rings. The molecule has 8 nitrogen and oxygen atoms in total. The predicted molar refractivity (Wildman–Crippen MR) is 77.7 cm³/mol. The fourth-order valence-electron chi connectivity index (χ4n) is 1.15. The van der Waals surface area contributed by atoms with Crippen LogP contribution in [-0.2, 0) is 19.2 Å². The SMILES string of the molecule is NC(=O)CCC(N)=O.O=C(O)CCCCCCC(=O)O.[NaH]. The molecule has 6 N–H and O–H groups in total. The number of carbonyl (C=O) groups is 4. The van der Waals surface area contributed by atoms with Crippen molar-refractivity contribution in [3.05, 3.63) is 0 Å². The van der Waals surface area contributed by atoms with Gasteiger partial charge in [0.1, 0.15) is 0 Å². The van der Waals surface area contributed by atoms with Crippen molar-refractivity contribution in [2.24, 2.45) is 11.5 Å². The fourth-order valence-corrected chi connectivity index (χ4v) is 1.15. The molecule has 0 rings (SSSR count). The van der Waals surface area contributed by atoms with Crippen molar-refractivity contribution in [3.8, 4) is 0 Å². The van der Waals surface area contributed by atoms with Crippen molar-refractivity contribution in [2.45, 2.75) is 51.4 Å². The molecule has 0 aromatic heterocycles. The topological polar surface area (TPSA) is 161 Å². The van der Waals surface area contributed by atoms with Gasteiger partial charge in [0.15, 0.2) is 0 Å². The van der Waals surface area contributed by atoms with E-state index < -0.39 is 23.8 Å². The Bertz CT molecular complexity index is 304. The van der Waals surface area contributed by atoms with Crippen molar-refractivity contribution in [3.63, 3.8) is 0 Å². The van der Waals surface area contributed by atoms with Crippen LogP contribution in [0.2, 0.25) is 0 Å². The zero-order chi connectivity index (χ0) is 16.0. The minimum atomic E-state index is -0.784. The Hall–Kier alpha value is -1.12. The molecule has 21 heavy (non-hydrogen) atoms. The second-order valence-corrected chi connectivity index (χ2v) is 4.13. The summed E-state index contributed by atoms with van der Waals surface area (Å²) in [7, 11) is 0. The van der Waals surface area contributed by atoms with Crippen LogP contribution in [0.25, 0.3) is 0 Å². The number of carboxylic acids is 2. The molecule has 0 aromatic carbocycles. The third-order valence-corrected chi connectivity index (χ3v) is 2.15. The molecule has 0 aliphatic heterocycles. The van der Waals surface area contributed by atoms with E-state index >= 15 is 0 Å². The van der Waals surface area contributed by atoms with E-state index in [1.807, 2.05) is 0 Å². The first-order valence-electron chi connectivity index (χ1n) is 6.26. The number of carbonyl (C=O) groups excluding carboxylic acids is 2. The molecule has 0 saturated heterocycles. The van der Waals surface area contributed by atoms with Crippen molar-refractivity contribution in [1.29, 1.82) is 0 Å². The van der Waals surface area contributed by atoms with Gasteiger partial charge in [-0.3, -0.25) is 19.2 Å². The monoisotopic (exact) mass is 314 g/mol. The molecule has 118 valence electrons. The Balaban J connectivity index is -0.000000317. The van der Waals surface area contributed by atoms with Crippen LogP contribution in [0.5, 0.6) is 0 Å². The first-order chi connectivity index (χ1) is 9.25. The molecule has 0 unspecified atom stereocenters. The van der Waals surface area contributed by atoms with Crippen LogP contribution in [0.4, 0.5) is 0 Å². The third kappa shape index (κ3) is 32.4. The van der Waals surface area contributed by atoms with E-state index in [1.165, 1.54) is 0 Å². The number of rotatable bonds is 10. The number of hydrogen-bond acceptors (Lipinski definition) is 4. The summed E-state index contributed by atoms with van der Waals surface area (Å²) in [4.78, 5) is 39.9. The molecule has 0 saturated carbocycles. The van der Waals surface area contributed by atoms with Gasteiger partial charge in [-0.15, -0.1) is 0 Å². The number of amides is 2. The fraction of sp³-hybridized carbons (Fsp3) is 0.667. The van der Waals surface area contributed by atoms with Gasteiger partial charge in [0.05, 0.1) is 0 Å². The van der Waals surface area contributed by atoms with Gasteiger partial charge in [0, 0.05) is 25.7 Å². The van der Waals surface area contributed by atoms with Crippen molar-refractivity contribution in [1.82, 2.24) is 0 Å². The Morgan fingerprint density at radius 1 is 0.619 bits per heavy atom. The van der Waals surface area contributed by atoms with Crippen molar-refractivity contribution in [2.75, 3.05) is 0 Å². The van der Waals surface area contributed by atoms with Crippen molar-refractivity contribution < 1.29 is 29.4 Å². The number of nitrogens with two attached hydrogens (primary N) is 2. The molecule has 0 aromatic rings. The van der Waals surface area contributed by atoms with Gasteiger partial charge in [0.2, 0.25) is 11.8 Å². The molecular weight excluding hydrogens is 291 g/mol. The number of primary amides is 2. The maximum absolute atomic E-state index is 10.0. The molecule has 0 spiro atoms. The van der Waals surface area contributed by atoms with Crippen LogP contribution in [-0.4, -0.2) is 63.5 Å². The molecule has 9 heteroatoms. The number of hydrogen-bond donors (Lipinski definition) is 4. The second-order valence-electron chi connectivity index (χ2n) is 4.13. The second kappa shape index (κ2) is 16.9. The minimum absolute atomic E-state index is 0. The van der Waals surface area contributed by atoms with Crippen LogP contribution < -0.4 is 11.5 Å². The van der Waals surface area contributed by atoms with Gasteiger partial charge in [0.25, 0.3) is 0 Å². The number of unbranched alkanes of at least 4 members (excludes halogenated alkanes) is 3. The van der Waals surface area contributed by atoms with E-state index in [4.69, 9.17) is 21.7 Å². The molecule has 0 heterocycles. The Morgan fingerprint density at radius 2 is 0.905 bits per heavy atom. The number of aliphatic carboxylic acids is 2. The maximum atomic E-state index is 10.0. The summed E-state index contributed by atoms with van der Waals surface area (Å²) in [5, 5.41) is 16.5. The molecular formula is C12H23N2NaO6. The van der Waals surface area contributed by atoms with E-state index in [0.717, 1.165) is 12.8 Å².